The van der Waals surface area contributed by atoms with Crippen molar-refractivity contribution in [3.63, 3.8) is 0 Å². The van der Waals surface area contributed by atoms with Crippen LogP contribution in [0.15, 0.2) is 61.1 Å². The third-order valence-corrected chi connectivity index (χ3v) is 7.15. The summed E-state index contributed by atoms with van der Waals surface area (Å²) in [6, 6.07) is 14.8. The lowest BCUT2D eigenvalue weighted by molar-refractivity contribution is 0.0918. The second-order valence-electron chi connectivity index (χ2n) is 9.19. The monoisotopic (exact) mass is 457 g/mol. The average molecular weight is 458 g/mol. The molecule has 1 amide bonds. The Kier molecular flexibility index (Phi) is 6.09. The van der Waals surface area contributed by atoms with Crippen molar-refractivity contribution in [1.29, 1.82) is 0 Å². The lowest BCUT2D eigenvalue weighted by Gasteiger charge is -2.33. The Balaban J connectivity index is 1.20. The highest BCUT2D eigenvalue weighted by molar-refractivity contribution is 5.94. The molecule has 1 atom stereocenters. The Bertz CT molecular complexity index is 1310. The first-order chi connectivity index (χ1) is 16.5. The van der Waals surface area contributed by atoms with Crippen molar-refractivity contribution in [2.45, 2.75) is 44.6 Å². The van der Waals surface area contributed by atoms with E-state index in [0.29, 0.717) is 22.9 Å². The lowest BCUT2D eigenvalue weighted by atomic mass is 9.75. The zero-order valence-corrected chi connectivity index (χ0v) is 19.4. The molecule has 1 aliphatic rings. The first-order valence-electron chi connectivity index (χ1n) is 11.8. The third kappa shape index (κ3) is 4.30. The van der Waals surface area contributed by atoms with E-state index in [1.165, 1.54) is 18.0 Å². The van der Waals surface area contributed by atoms with Crippen LogP contribution < -0.4 is 5.32 Å². The molecule has 174 valence electrons. The number of fused-ring (bicyclic) bond motifs is 1. The van der Waals surface area contributed by atoms with Gasteiger partial charge < -0.3 is 5.32 Å². The minimum atomic E-state index is -0.269. The van der Waals surface area contributed by atoms with Gasteiger partial charge >= 0.3 is 0 Å². The van der Waals surface area contributed by atoms with Gasteiger partial charge in [0.25, 0.3) is 5.91 Å². The molecule has 0 bridgehead atoms. The molecule has 4 aromatic rings. The summed E-state index contributed by atoms with van der Waals surface area (Å²) in [6.07, 6.45) is 7.32. The topological polar surface area (TPSA) is 72.7 Å². The van der Waals surface area contributed by atoms with Crippen LogP contribution in [0.5, 0.6) is 0 Å². The van der Waals surface area contributed by atoms with E-state index >= 15 is 0 Å². The van der Waals surface area contributed by atoms with Gasteiger partial charge in [-0.1, -0.05) is 24.3 Å². The Labute approximate surface area is 198 Å². The minimum absolute atomic E-state index is 0.0604. The van der Waals surface area contributed by atoms with Crippen molar-refractivity contribution < 1.29 is 9.18 Å². The fourth-order valence-corrected chi connectivity index (χ4v) is 5.18. The fraction of sp³-hybridized carbons (Fsp3) is 0.333. The molecular formula is C27H28FN5O. The molecule has 0 radical (unpaired) electrons. The summed E-state index contributed by atoms with van der Waals surface area (Å²) in [5.74, 6) is 1.24. The molecule has 7 heteroatoms. The molecule has 0 unspecified atom stereocenters. The Morgan fingerprint density at radius 2 is 1.82 bits per heavy atom. The van der Waals surface area contributed by atoms with Crippen LogP contribution in [0.3, 0.4) is 0 Å². The van der Waals surface area contributed by atoms with E-state index in [1.54, 1.807) is 16.9 Å². The van der Waals surface area contributed by atoms with E-state index in [0.717, 1.165) is 42.5 Å². The van der Waals surface area contributed by atoms with Crippen molar-refractivity contribution in [1.82, 2.24) is 25.1 Å². The van der Waals surface area contributed by atoms with Gasteiger partial charge in [-0.2, -0.15) is 5.10 Å². The van der Waals surface area contributed by atoms with Crippen molar-refractivity contribution in [2.75, 3.05) is 0 Å². The number of nitrogens with zero attached hydrogens (tertiary/aromatic N) is 4. The first kappa shape index (κ1) is 22.2. The number of aromatic nitrogens is 4. The van der Waals surface area contributed by atoms with Gasteiger partial charge in [-0.3, -0.25) is 9.78 Å². The largest absolute Gasteiger partial charge is 0.349 e. The molecule has 0 saturated heterocycles. The number of carbonyl (C=O) groups is 1. The van der Waals surface area contributed by atoms with Gasteiger partial charge in [0.2, 0.25) is 0 Å². The van der Waals surface area contributed by atoms with Gasteiger partial charge in [-0.15, -0.1) is 0 Å². The predicted molar refractivity (Wildman–Crippen MR) is 130 cm³/mol. The number of aryl methyl sites for hydroxylation is 1. The maximum absolute atomic E-state index is 14.2. The predicted octanol–water partition coefficient (Wildman–Crippen LogP) is 5.26. The zero-order chi connectivity index (χ0) is 23.7. The standard InChI is InChI=1S/C27H28FN5O/c1-17(32-27(34)21-12-10-20(11-13-21)26-30-16-31-33(26)2)18-6-8-19(9-7-18)22-14-15-29-25-23(22)4-3-5-24(25)28/h3-5,10-19H,6-9H2,1-2H3,(H,32,34)/t17-,18?,19?/m1/s1. The number of para-hydroxylation sites is 1. The third-order valence-electron chi connectivity index (χ3n) is 7.15. The summed E-state index contributed by atoms with van der Waals surface area (Å²) < 4.78 is 15.9. The number of hydrogen-bond acceptors (Lipinski definition) is 4. The average Bonchev–Trinajstić information content (AvgIpc) is 3.30. The number of amides is 1. The van der Waals surface area contributed by atoms with Gasteiger partial charge in [-0.25, -0.2) is 14.1 Å². The van der Waals surface area contributed by atoms with Crippen molar-refractivity contribution in [2.24, 2.45) is 13.0 Å². The van der Waals surface area contributed by atoms with Crippen molar-refractivity contribution >= 4 is 16.8 Å². The normalized spacial score (nSPS) is 19.1. The molecule has 0 spiro atoms. The van der Waals surface area contributed by atoms with Crippen molar-refractivity contribution in [3.05, 3.63) is 78.0 Å². The smallest absolute Gasteiger partial charge is 0.251 e. The fourth-order valence-electron chi connectivity index (χ4n) is 5.18. The zero-order valence-electron chi connectivity index (χ0n) is 19.4. The van der Waals surface area contributed by atoms with E-state index in [-0.39, 0.29) is 17.8 Å². The van der Waals surface area contributed by atoms with Crippen LogP contribution in [0.25, 0.3) is 22.3 Å². The highest BCUT2D eigenvalue weighted by Crippen LogP contribution is 2.39. The summed E-state index contributed by atoms with van der Waals surface area (Å²) in [7, 11) is 1.84. The van der Waals surface area contributed by atoms with Gasteiger partial charge in [-0.05, 0) is 74.3 Å². The van der Waals surface area contributed by atoms with Gasteiger partial charge in [0, 0.05) is 35.8 Å². The molecular weight excluding hydrogens is 429 g/mol. The molecule has 34 heavy (non-hydrogen) atoms. The number of pyridine rings is 1. The molecule has 5 rings (SSSR count). The molecule has 2 aromatic heterocycles. The minimum Gasteiger partial charge on any atom is -0.349 e. The number of nitrogens with one attached hydrogen (secondary N) is 1. The van der Waals surface area contributed by atoms with E-state index in [9.17, 15) is 9.18 Å². The molecule has 2 heterocycles. The summed E-state index contributed by atoms with van der Waals surface area (Å²) >= 11 is 0. The van der Waals surface area contributed by atoms with Gasteiger partial charge in [0.05, 0.1) is 0 Å². The maximum Gasteiger partial charge on any atom is 0.251 e. The van der Waals surface area contributed by atoms with Crippen LogP contribution in [0, 0.1) is 11.7 Å². The van der Waals surface area contributed by atoms with E-state index in [2.05, 4.69) is 27.3 Å². The number of carbonyl (C=O) groups excluding carboxylic acids is 1. The molecule has 6 nitrogen and oxygen atoms in total. The van der Waals surface area contributed by atoms with Crippen LogP contribution in [0.1, 0.15) is 54.4 Å². The Morgan fingerprint density at radius 1 is 1.06 bits per heavy atom. The molecule has 0 aliphatic heterocycles. The van der Waals surface area contributed by atoms with Crippen LogP contribution in [-0.4, -0.2) is 31.7 Å². The molecule has 1 N–H and O–H groups in total. The van der Waals surface area contributed by atoms with E-state index in [4.69, 9.17) is 0 Å². The maximum atomic E-state index is 14.2. The quantitative estimate of drug-likeness (QED) is 0.444. The van der Waals surface area contributed by atoms with Crippen molar-refractivity contribution in [3.8, 4) is 11.4 Å². The Morgan fingerprint density at radius 3 is 2.53 bits per heavy atom. The van der Waals surface area contributed by atoms with Gasteiger partial charge in [0.15, 0.2) is 5.82 Å². The highest BCUT2D eigenvalue weighted by atomic mass is 19.1. The van der Waals surface area contributed by atoms with Crippen LogP contribution in [0.2, 0.25) is 0 Å². The van der Waals surface area contributed by atoms with Crippen LogP contribution in [0.4, 0.5) is 4.39 Å². The highest BCUT2D eigenvalue weighted by Gasteiger charge is 2.28. The number of benzene rings is 2. The summed E-state index contributed by atoms with van der Waals surface area (Å²) in [5, 5.41) is 8.20. The van der Waals surface area contributed by atoms with Crippen LogP contribution >= 0.6 is 0 Å². The van der Waals surface area contributed by atoms with E-state index in [1.807, 2.05) is 43.4 Å². The molecule has 2 aromatic carbocycles. The summed E-state index contributed by atoms with van der Waals surface area (Å²) in [4.78, 5) is 21.3. The van der Waals surface area contributed by atoms with Gasteiger partial charge in [0.1, 0.15) is 17.7 Å². The second kappa shape index (κ2) is 9.33. The number of hydrogen-bond donors (Lipinski definition) is 1. The van der Waals surface area contributed by atoms with E-state index < -0.39 is 0 Å². The number of rotatable bonds is 5. The molecule has 1 fully saturated rings. The summed E-state index contributed by atoms with van der Waals surface area (Å²) in [6.45, 7) is 2.09. The Hall–Kier alpha value is -3.61. The first-order valence-corrected chi connectivity index (χ1v) is 11.8. The lowest BCUT2D eigenvalue weighted by Crippen LogP contribution is -2.39. The SMILES string of the molecule is C[C@@H](NC(=O)c1ccc(-c2ncnn2C)cc1)C1CCC(c2ccnc3c(F)cccc23)CC1. The molecule has 1 saturated carbocycles. The summed E-state index contributed by atoms with van der Waals surface area (Å²) in [5.41, 5.74) is 3.19. The number of halogens is 1. The second-order valence-corrected chi connectivity index (χ2v) is 9.19. The van der Waals surface area contributed by atoms with Crippen LogP contribution in [-0.2, 0) is 7.05 Å². The molecule has 1 aliphatic carbocycles.